The van der Waals surface area contributed by atoms with Crippen molar-refractivity contribution in [3.8, 4) is 0 Å². The van der Waals surface area contributed by atoms with Crippen LogP contribution in [0.4, 0.5) is 5.00 Å². The zero-order valence-corrected chi connectivity index (χ0v) is 20.9. The molecule has 1 atom stereocenters. The molecule has 1 N–H and O–H groups in total. The minimum Gasteiger partial charge on any atom is -0.313 e. The maximum absolute atomic E-state index is 12.9. The van der Waals surface area contributed by atoms with E-state index in [1.807, 2.05) is 17.5 Å². The Morgan fingerprint density at radius 2 is 1.81 bits per heavy atom. The minimum absolute atomic E-state index is 0.0210. The smallest absolute Gasteiger partial charge is 0.266 e. The van der Waals surface area contributed by atoms with E-state index in [9.17, 15) is 4.79 Å². The van der Waals surface area contributed by atoms with Crippen LogP contribution in [0.3, 0.4) is 0 Å². The molecule has 164 valence electrons. The summed E-state index contributed by atoms with van der Waals surface area (Å²) in [6, 6.07) is 12.9. The third-order valence-electron chi connectivity index (χ3n) is 6.01. The standard InChI is InChI=1S/C24H29N3OS3/c1-16-17(2)31-24(25-23(28)20-6-5-15-30-20)21(16)22(27-13-11-26(3)12-14-27)18-7-9-19(29-4)10-8-18/h5-10,15,22H,11-14H2,1-4H3,(H,25,28). The van der Waals surface area contributed by atoms with E-state index < -0.39 is 0 Å². The SMILES string of the molecule is CSc1ccc(C(c2c(NC(=O)c3cccs3)sc(C)c2C)N2CCN(C)CC2)cc1. The molecule has 0 aliphatic carbocycles. The third kappa shape index (κ3) is 4.91. The molecule has 2 aromatic heterocycles. The van der Waals surface area contributed by atoms with Crippen LogP contribution < -0.4 is 5.32 Å². The van der Waals surface area contributed by atoms with Crippen molar-refractivity contribution >= 4 is 45.3 Å². The van der Waals surface area contributed by atoms with E-state index in [2.05, 4.69) is 66.5 Å². The van der Waals surface area contributed by atoms with Gasteiger partial charge in [0.1, 0.15) is 5.00 Å². The molecule has 0 saturated carbocycles. The predicted octanol–water partition coefficient (Wildman–Crippen LogP) is 5.74. The summed E-state index contributed by atoms with van der Waals surface area (Å²) in [5.41, 5.74) is 3.81. The lowest BCUT2D eigenvalue weighted by Gasteiger charge is -2.39. The van der Waals surface area contributed by atoms with Gasteiger partial charge in [0.05, 0.1) is 10.9 Å². The number of nitrogens with zero attached hydrogens (tertiary/aromatic N) is 2. The summed E-state index contributed by atoms with van der Waals surface area (Å²) >= 11 is 4.94. The first-order valence-electron chi connectivity index (χ1n) is 10.5. The number of nitrogens with one attached hydrogen (secondary N) is 1. The van der Waals surface area contributed by atoms with Crippen LogP contribution in [0.25, 0.3) is 0 Å². The number of hydrogen-bond donors (Lipinski definition) is 1. The Labute approximate surface area is 197 Å². The number of carbonyl (C=O) groups excluding carboxylic acids is 1. The van der Waals surface area contributed by atoms with E-state index in [1.54, 1.807) is 23.1 Å². The number of aryl methyl sites for hydroxylation is 1. The van der Waals surface area contributed by atoms with Gasteiger partial charge >= 0.3 is 0 Å². The summed E-state index contributed by atoms with van der Waals surface area (Å²) in [5.74, 6) is -0.0210. The van der Waals surface area contributed by atoms with Crippen molar-refractivity contribution in [2.24, 2.45) is 0 Å². The fourth-order valence-electron chi connectivity index (χ4n) is 4.07. The van der Waals surface area contributed by atoms with E-state index in [-0.39, 0.29) is 11.9 Å². The molecule has 4 nitrogen and oxygen atoms in total. The average molecular weight is 472 g/mol. The Kier molecular flexibility index (Phi) is 7.19. The maximum Gasteiger partial charge on any atom is 0.266 e. The first kappa shape index (κ1) is 22.6. The number of piperazine rings is 1. The molecule has 4 rings (SSSR count). The minimum atomic E-state index is -0.0210. The second-order valence-electron chi connectivity index (χ2n) is 7.97. The lowest BCUT2D eigenvalue weighted by molar-refractivity contribution is 0.103. The molecule has 3 heterocycles. The zero-order chi connectivity index (χ0) is 22.0. The van der Waals surface area contributed by atoms with Gasteiger partial charge in [-0.05, 0) is 61.9 Å². The first-order valence-corrected chi connectivity index (χ1v) is 13.4. The second kappa shape index (κ2) is 9.88. The lowest BCUT2D eigenvalue weighted by atomic mass is 9.94. The van der Waals surface area contributed by atoms with Crippen LogP contribution in [0, 0.1) is 13.8 Å². The quantitative estimate of drug-likeness (QED) is 0.465. The molecule has 1 amide bonds. The number of hydrogen-bond acceptors (Lipinski definition) is 6. The summed E-state index contributed by atoms with van der Waals surface area (Å²) in [6.07, 6.45) is 2.11. The topological polar surface area (TPSA) is 35.6 Å². The van der Waals surface area contributed by atoms with E-state index in [0.29, 0.717) is 0 Å². The van der Waals surface area contributed by atoms with E-state index in [4.69, 9.17) is 0 Å². The highest BCUT2D eigenvalue weighted by atomic mass is 32.2. The highest BCUT2D eigenvalue weighted by Gasteiger charge is 2.31. The van der Waals surface area contributed by atoms with Gasteiger partial charge in [0, 0.05) is 41.5 Å². The van der Waals surface area contributed by atoms with Crippen molar-refractivity contribution in [3.05, 3.63) is 68.2 Å². The van der Waals surface area contributed by atoms with Crippen molar-refractivity contribution in [3.63, 3.8) is 0 Å². The largest absolute Gasteiger partial charge is 0.313 e. The molecule has 0 bridgehead atoms. The number of rotatable bonds is 6. The van der Waals surface area contributed by atoms with Gasteiger partial charge < -0.3 is 10.2 Å². The molecular formula is C24H29N3OS3. The van der Waals surface area contributed by atoms with Gasteiger partial charge in [-0.2, -0.15) is 0 Å². The van der Waals surface area contributed by atoms with E-state index >= 15 is 0 Å². The summed E-state index contributed by atoms with van der Waals surface area (Å²) in [5, 5.41) is 6.17. The number of likely N-dealkylation sites (N-methyl/N-ethyl adjacent to an activating group) is 1. The van der Waals surface area contributed by atoms with Crippen molar-refractivity contribution in [1.82, 2.24) is 9.80 Å². The van der Waals surface area contributed by atoms with Gasteiger partial charge in [0.15, 0.2) is 0 Å². The molecule has 1 aromatic carbocycles. The highest BCUT2D eigenvalue weighted by Crippen LogP contribution is 2.43. The number of benzene rings is 1. The Bertz CT molecular complexity index is 1020. The van der Waals surface area contributed by atoms with Crippen LogP contribution in [0.5, 0.6) is 0 Å². The molecule has 0 radical (unpaired) electrons. The Morgan fingerprint density at radius 1 is 1.10 bits per heavy atom. The molecule has 1 saturated heterocycles. The maximum atomic E-state index is 12.9. The number of anilines is 1. The summed E-state index contributed by atoms with van der Waals surface area (Å²) in [6.45, 7) is 8.48. The van der Waals surface area contributed by atoms with Crippen LogP contribution >= 0.6 is 34.4 Å². The van der Waals surface area contributed by atoms with Crippen LogP contribution in [-0.2, 0) is 0 Å². The normalized spacial score (nSPS) is 16.4. The molecule has 1 aliphatic heterocycles. The second-order valence-corrected chi connectivity index (χ2v) is 11.0. The summed E-state index contributed by atoms with van der Waals surface area (Å²) in [4.78, 5) is 21.1. The van der Waals surface area contributed by atoms with Crippen LogP contribution in [0.2, 0.25) is 0 Å². The van der Waals surface area contributed by atoms with Gasteiger partial charge in [-0.1, -0.05) is 18.2 Å². The third-order valence-corrected chi connectivity index (χ3v) is 8.76. The molecular weight excluding hydrogens is 442 g/mol. The number of carbonyl (C=O) groups is 1. The lowest BCUT2D eigenvalue weighted by Crippen LogP contribution is -2.46. The first-order chi connectivity index (χ1) is 15.0. The monoisotopic (exact) mass is 471 g/mol. The Balaban J connectivity index is 1.75. The molecule has 0 spiro atoms. The molecule has 3 aromatic rings. The summed E-state index contributed by atoms with van der Waals surface area (Å²) in [7, 11) is 2.19. The molecule has 1 aliphatic rings. The summed E-state index contributed by atoms with van der Waals surface area (Å²) < 4.78 is 0. The average Bonchev–Trinajstić information content (AvgIpc) is 3.40. The van der Waals surface area contributed by atoms with Gasteiger partial charge in [-0.3, -0.25) is 9.69 Å². The number of thiophene rings is 2. The number of amides is 1. The zero-order valence-electron chi connectivity index (χ0n) is 18.5. The highest BCUT2D eigenvalue weighted by molar-refractivity contribution is 7.98. The molecule has 31 heavy (non-hydrogen) atoms. The number of thioether (sulfide) groups is 1. The van der Waals surface area contributed by atoms with Crippen molar-refractivity contribution in [2.45, 2.75) is 24.8 Å². The van der Waals surface area contributed by atoms with E-state index in [0.717, 1.165) is 36.1 Å². The van der Waals surface area contributed by atoms with Gasteiger partial charge in [0.2, 0.25) is 0 Å². The fourth-order valence-corrected chi connectivity index (χ4v) is 6.18. The van der Waals surface area contributed by atoms with Crippen LogP contribution in [0.15, 0.2) is 46.7 Å². The Morgan fingerprint density at radius 3 is 2.42 bits per heavy atom. The van der Waals surface area contributed by atoms with E-state index in [1.165, 1.54) is 37.8 Å². The van der Waals surface area contributed by atoms with Crippen molar-refractivity contribution in [1.29, 1.82) is 0 Å². The molecule has 1 fully saturated rings. The van der Waals surface area contributed by atoms with Gasteiger partial charge in [-0.15, -0.1) is 34.4 Å². The van der Waals surface area contributed by atoms with Crippen LogP contribution in [-0.4, -0.2) is 55.2 Å². The van der Waals surface area contributed by atoms with Crippen molar-refractivity contribution in [2.75, 3.05) is 44.8 Å². The Hall–Kier alpha value is -1.64. The van der Waals surface area contributed by atoms with Gasteiger partial charge in [0.25, 0.3) is 5.91 Å². The van der Waals surface area contributed by atoms with Crippen LogP contribution in [0.1, 0.15) is 37.3 Å². The predicted molar refractivity (Wildman–Crippen MR) is 135 cm³/mol. The van der Waals surface area contributed by atoms with Gasteiger partial charge in [-0.25, -0.2) is 0 Å². The molecule has 1 unspecified atom stereocenters. The fraction of sp³-hybridized carbons (Fsp3) is 0.375. The van der Waals surface area contributed by atoms with Crippen molar-refractivity contribution < 1.29 is 4.79 Å². The molecule has 7 heteroatoms.